The molecular weight excluding hydrogens is 102 g/mol. The molecule has 0 fully saturated rings. The van der Waals surface area contributed by atoms with Crippen LogP contribution in [-0.2, 0) is 0 Å². The van der Waals surface area contributed by atoms with E-state index in [0.29, 0.717) is 0 Å². The van der Waals surface area contributed by atoms with Gasteiger partial charge in [-0.1, -0.05) is 19.8 Å². The highest BCUT2D eigenvalue weighted by Gasteiger charge is 1.87. The molecule has 0 aromatic carbocycles. The van der Waals surface area contributed by atoms with Gasteiger partial charge in [0.25, 0.3) is 5.39 Å². The van der Waals surface area contributed by atoms with Gasteiger partial charge in [-0.2, -0.15) is 0 Å². The summed E-state index contributed by atoms with van der Waals surface area (Å²) in [5, 5.41) is 10.6. The fraction of sp³-hybridized carbons (Fsp3) is 1.00. The van der Waals surface area contributed by atoms with Crippen molar-refractivity contribution in [1.82, 2.24) is 5.43 Å². The van der Waals surface area contributed by atoms with Gasteiger partial charge in [0.2, 0.25) is 0 Å². The smallest absolute Gasteiger partial charge is 0.0654 e. The number of rotatable bonds is 4. The van der Waals surface area contributed by atoms with E-state index >= 15 is 0 Å². The normalized spacial score (nSPS) is 8.00. The van der Waals surface area contributed by atoms with Crippen LogP contribution in [0.3, 0.4) is 0 Å². The van der Waals surface area contributed by atoms with Crippen LogP contribution in [-0.4, -0.2) is 6.54 Å². The fourth-order valence-corrected chi connectivity index (χ4v) is 0.504. The van der Waals surface area contributed by atoms with Gasteiger partial charge in [0.05, 0.1) is 6.54 Å². The van der Waals surface area contributed by atoms with Gasteiger partial charge < -0.3 is 0 Å². The third-order valence-corrected chi connectivity index (χ3v) is 0.963. The van der Waals surface area contributed by atoms with Crippen molar-refractivity contribution in [2.45, 2.75) is 26.2 Å². The van der Waals surface area contributed by atoms with Crippen LogP contribution in [0.5, 0.6) is 0 Å². The molecule has 0 aliphatic heterocycles. The summed E-state index contributed by atoms with van der Waals surface area (Å²) in [6.07, 6.45) is 3.48. The molecule has 0 spiro atoms. The van der Waals surface area contributed by atoms with Crippen LogP contribution < -0.4 is 5.43 Å². The van der Waals surface area contributed by atoms with Gasteiger partial charge >= 0.3 is 5.08 Å². The van der Waals surface area contributed by atoms with E-state index in [1.807, 2.05) is 0 Å². The number of nitrogens with one attached hydrogen (secondary N) is 1. The van der Waals surface area contributed by atoms with Gasteiger partial charge in [0.1, 0.15) is 0 Å². The topological polar surface area (TPSA) is 40.2 Å². The number of hydrogen-bond donors (Lipinski definition) is 1. The Kier molecular flexibility index (Phi) is 5.61. The van der Waals surface area contributed by atoms with Crippen molar-refractivity contribution in [3.8, 4) is 0 Å². The van der Waals surface area contributed by atoms with E-state index < -0.39 is 0 Å². The van der Waals surface area contributed by atoms with Gasteiger partial charge in [-0.3, -0.25) is 0 Å². The molecule has 0 radical (unpaired) electrons. The van der Waals surface area contributed by atoms with Crippen LogP contribution in [0, 0.1) is 5.39 Å². The summed E-state index contributed by atoms with van der Waals surface area (Å²) in [6, 6.07) is 0. The van der Waals surface area contributed by atoms with Crippen LogP contribution in [0.1, 0.15) is 26.2 Å². The van der Waals surface area contributed by atoms with Crippen molar-refractivity contribution >= 4 is 0 Å². The van der Waals surface area contributed by atoms with Gasteiger partial charge in [-0.15, -0.1) is 0 Å². The fourth-order valence-electron chi connectivity index (χ4n) is 0.504. The van der Waals surface area contributed by atoms with E-state index in [-0.39, 0.29) is 0 Å². The Morgan fingerprint density at radius 2 is 2.25 bits per heavy atom. The molecule has 0 heterocycles. The van der Waals surface area contributed by atoms with E-state index in [1.165, 1.54) is 12.8 Å². The van der Waals surface area contributed by atoms with E-state index in [2.05, 4.69) is 17.4 Å². The molecule has 0 amide bonds. The third-order valence-electron chi connectivity index (χ3n) is 0.963. The largest absolute Gasteiger partial charge is 0.302 e. The minimum atomic E-state index is 0.782. The second kappa shape index (κ2) is 6.22. The maximum atomic E-state index is 7.88. The molecule has 0 saturated heterocycles. The SMILES string of the molecule is CCCCCN[N+]#N. The lowest BCUT2D eigenvalue weighted by molar-refractivity contribution is 0.676. The molecule has 3 nitrogen and oxygen atoms in total. The van der Waals surface area contributed by atoms with Crippen molar-refractivity contribution in [1.29, 1.82) is 5.39 Å². The summed E-state index contributed by atoms with van der Waals surface area (Å²) in [6.45, 7) is 2.92. The molecule has 0 aliphatic rings. The van der Waals surface area contributed by atoms with Crippen molar-refractivity contribution in [3.05, 3.63) is 5.08 Å². The summed E-state index contributed by atoms with van der Waals surface area (Å²) in [5.74, 6) is 0. The molecule has 0 saturated carbocycles. The maximum Gasteiger partial charge on any atom is 0.302 e. The highest BCUT2D eigenvalue weighted by atomic mass is 15.3. The number of nitrogens with zero attached hydrogens (tertiary/aromatic N) is 2. The molecule has 0 unspecified atom stereocenters. The number of hydrogen-bond acceptors (Lipinski definition) is 2. The molecule has 0 bridgehead atoms. The monoisotopic (exact) mass is 114 g/mol. The van der Waals surface area contributed by atoms with Crippen LogP contribution in [0.25, 0.3) is 5.08 Å². The predicted octanol–water partition coefficient (Wildman–Crippen LogP) is 1.53. The van der Waals surface area contributed by atoms with Crippen molar-refractivity contribution < 1.29 is 0 Å². The third kappa shape index (κ3) is 5.22. The van der Waals surface area contributed by atoms with Crippen LogP contribution in [0.4, 0.5) is 0 Å². The van der Waals surface area contributed by atoms with Gasteiger partial charge in [-0.25, -0.2) is 0 Å². The first kappa shape index (κ1) is 7.22. The minimum Gasteiger partial charge on any atom is -0.0654 e. The Bertz CT molecular complexity index is 74.2. The lowest BCUT2D eigenvalue weighted by Crippen LogP contribution is -2.03. The Balaban J connectivity index is 2.65. The highest BCUT2D eigenvalue weighted by molar-refractivity contribution is 4.45. The average molecular weight is 114 g/mol. The van der Waals surface area contributed by atoms with Crippen molar-refractivity contribution in [3.63, 3.8) is 0 Å². The van der Waals surface area contributed by atoms with Crippen LogP contribution in [0.2, 0.25) is 0 Å². The summed E-state index contributed by atoms with van der Waals surface area (Å²) in [4.78, 5) is 0. The average Bonchev–Trinajstić information content (AvgIpc) is 1.81. The first-order valence-electron chi connectivity index (χ1n) is 2.98. The predicted molar refractivity (Wildman–Crippen MR) is 32.6 cm³/mol. The molecule has 0 aliphatic carbocycles. The Morgan fingerprint density at radius 3 is 2.75 bits per heavy atom. The Hall–Kier alpha value is -0.780. The summed E-state index contributed by atoms with van der Waals surface area (Å²) >= 11 is 0. The van der Waals surface area contributed by atoms with Gasteiger partial charge in [0.15, 0.2) is 0 Å². The quantitative estimate of drug-likeness (QED) is 0.342. The zero-order valence-electron chi connectivity index (χ0n) is 5.22. The molecule has 8 heavy (non-hydrogen) atoms. The van der Waals surface area contributed by atoms with E-state index in [9.17, 15) is 0 Å². The molecular formula is C5H12N3+. The molecule has 0 atom stereocenters. The standard InChI is InChI=1S/C5H12N3/c1-2-3-4-5-7-8-6/h7H,2-5H2,1H3/q+1. The van der Waals surface area contributed by atoms with Crippen molar-refractivity contribution in [2.24, 2.45) is 0 Å². The van der Waals surface area contributed by atoms with E-state index in [1.54, 1.807) is 0 Å². The zero-order valence-corrected chi connectivity index (χ0v) is 5.22. The molecule has 46 valence electrons. The zero-order chi connectivity index (χ0) is 6.24. The second-order valence-corrected chi connectivity index (χ2v) is 1.72. The first-order chi connectivity index (χ1) is 3.91. The first-order valence-corrected chi connectivity index (χ1v) is 2.98. The molecule has 1 N–H and O–H groups in total. The summed E-state index contributed by atoms with van der Waals surface area (Å²) in [5.41, 5.74) is 2.46. The molecule has 0 rings (SSSR count). The Labute approximate surface area is 49.7 Å². The van der Waals surface area contributed by atoms with Gasteiger partial charge in [-0.05, 0) is 11.8 Å². The molecule has 0 aromatic rings. The van der Waals surface area contributed by atoms with Crippen LogP contribution >= 0.6 is 0 Å². The van der Waals surface area contributed by atoms with Gasteiger partial charge in [0, 0.05) is 0 Å². The second-order valence-electron chi connectivity index (χ2n) is 1.72. The number of unbranched alkanes of at least 4 members (excludes halogenated alkanes) is 2. The van der Waals surface area contributed by atoms with Crippen molar-refractivity contribution in [2.75, 3.05) is 6.54 Å². The highest BCUT2D eigenvalue weighted by Crippen LogP contribution is 1.90. The minimum absolute atomic E-state index is 0.782. The van der Waals surface area contributed by atoms with E-state index in [4.69, 9.17) is 5.39 Å². The summed E-state index contributed by atoms with van der Waals surface area (Å²) < 4.78 is 0. The molecule has 3 heteroatoms. The maximum absolute atomic E-state index is 7.88. The van der Waals surface area contributed by atoms with E-state index in [0.717, 1.165) is 13.0 Å². The number of diazo groups is 1. The molecule has 0 aromatic heterocycles. The lowest BCUT2D eigenvalue weighted by atomic mass is 10.3. The lowest BCUT2D eigenvalue weighted by Gasteiger charge is -1.86. The van der Waals surface area contributed by atoms with Crippen LogP contribution in [0.15, 0.2) is 0 Å². The Morgan fingerprint density at radius 1 is 1.50 bits per heavy atom. The summed E-state index contributed by atoms with van der Waals surface area (Å²) in [7, 11) is 0.